The second-order valence-corrected chi connectivity index (χ2v) is 7.57. The predicted molar refractivity (Wildman–Crippen MR) is 83.0 cm³/mol. The monoisotopic (exact) mass is 290 g/mol. The van der Waals surface area contributed by atoms with Crippen molar-refractivity contribution in [3.05, 3.63) is 12.4 Å². The molecule has 2 aliphatic carbocycles. The van der Waals surface area contributed by atoms with Gasteiger partial charge in [-0.05, 0) is 37.0 Å². The summed E-state index contributed by atoms with van der Waals surface area (Å²) in [5, 5.41) is 10.8. The first-order valence-electron chi connectivity index (χ1n) is 8.00. The SMILES string of the molecule is CC1CC(C)(C)CC1Nc1cnn(CC(=O)NC2CC2)c1. The van der Waals surface area contributed by atoms with Gasteiger partial charge in [-0.3, -0.25) is 9.48 Å². The van der Waals surface area contributed by atoms with Gasteiger partial charge in [-0.2, -0.15) is 5.10 Å². The third kappa shape index (κ3) is 3.77. The molecular weight excluding hydrogens is 264 g/mol. The first-order valence-corrected chi connectivity index (χ1v) is 8.00. The lowest BCUT2D eigenvalue weighted by Gasteiger charge is -2.18. The first kappa shape index (κ1) is 14.4. The number of rotatable bonds is 5. The normalized spacial score (nSPS) is 27.6. The van der Waals surface area contributed by atoms with Gasteiger partial charge < -0.3 is 10.6 Å². The van der Waals surface area contributed by atoms with E-state index in [-0.39, 0.29) is 5.91 Å². The molecule has 2 aliphatic rings. The molecule has 0 saturated heterocycles. The Bertz CT molecular complexity index is 518. The zero-order chi connectivity index (χ0) is 15.0. The maximum atomic E-state index is 11.8. The van der Waals surface area contributed by atoms with E-state index in [2.05, 4.69) is 36.5 Å². The van der Waals surface area contributed by atoms with E-state index < -0.39 is 0 Å². The molecule has 2 atom stereocenters. The highest BCUT2D eigenvalue weighted by Crippen LogP contribution is 2.41. The van der Waals surface area contributed by atoms with E-state index in [0.717, 1.165) is 18.5 Å². The summed E-state index contributed by atoms with van der Waals surface area (Å²) < 4.78 is 1.71. The molecule has 2 unspecified atom stereocenters. The summed E-state index contributed by atoms with van der Waals surface area (Å²) in [6.45, 7) is 7.28. The lowest BCUT2D eigenvalue weighted by Crippen LogP contribution is -2.29. The Morgan fingerprint density at radius 3 is 2.81 bits per heavy atom. The quantitative estimate of drug-likeness (QED) is 0.875. The average molecular weight is 290 g/mol. The fraction of sp³-hybridized carbons (Fsp3) is 0.750. The van der Waals surface area contributed by atoms with Crippen LogP contribution in [0.25, 0.3) is 0 Å². The molecule has 5 nitrogen and oxygen atoms in total. The molecule has 21 heavy (non-hydrogen) atoms. The van der Waals surface area contributed by atoms with Gasteiger partial charge in [-0.1, -0.05) is 20.8 Å². The molecular formula is C16H26N4O. The standard InChI is InChI=1S/C16H26N4O/c1-11-6-16(2,3)7-14(11)18-13-8-17-20(9-13)10-15(21)19-12-4-5-12/h8-9,11-12,14,18H,4-7,10H2,1-3H3,(H,19,21). The third-order valence-electron chi connectivity index (χ3n) is 4.57. The molecule has 1 amide bonds. The van der Waals surface area contributed by atoms with Gasteiger partial charge in [0.2, 0.25) is 5.91 Å². The maximum Gasteiger partial charge on any atom is 0.241 e. The van der Waals surface area contributed by atoms with Crippen molar-refractivity contribution in [1.82, 2.24) is 15.1 Å². The molecule has 5 heteroatoms. The number of hydrogen-bond donors (Lipinski definition) is 2. The fourth-order valence-electron chi connectivity index (χ4n) is 3.47. The lowest BCUT2D eigenvalue weighted by molar-refractivity contribution is -0.122. The number of nitrogens with one attached hydrogen (secondary N) is 2. The third-order valence-corrected chi connectivity index (χ3v) is 4.57. The highest BCUT2D eigenvalue weighted by atomic mass is 16.2. The Balaban J connectivity index is 1.53. The molecule has 1 aromatic rings. The number of carbonyl (C=O) groups is 1. The van der Waals surface area contributed by atoms with Gasteiger partial charge in [0.05, 0.1) is 11.9 Å². The fourth-order valence-corrected chi connectivity index (χ4v) is 3.47. The Labute approximate surface area is 126 Å². The van der Waals surface area contributed by atoms with Crippen molar-refractivity contribution in [3.63, 3.8) is 0 Å². The van der Waals surface area contributed by atoms with Crippen LogP contribution in [0, 0.1) is 11.3 Å². The van der Waals surface area contributed by atoms with E-state index in [0.29, 0.717) is 30.0 Å². The summed E-state index contributed by atoms with van der Waals surface area (Å²) in [5.74, 6) is 0.726. The van der Waals surface area contributed by atoms with E-state index in [9.17, 15) is 4.79 Å². The van der Waals surface area contributed by atoms with E-state index in [1.807, 2.05) is 12.4 Å². The van der Waals surface area contributed by atoms with Crippen molar-refractivity contribution >= 4 is 11.6 Å². The van der Waals surface area contributed by atoms with Gasteiger partial charge >= 0.3 is 0 Å². The molecule has 3 rings (SSSR count). The maximum absolute atomic E-state index is 11.8. The summed E-state index contributed by atoms with van der Waals surface area (Å²) in [5.41, 5.74) is 1.43. The molecule has 0 aromatic carbocycles. The van der Waals surface area contributed by atoms with Crippen LogP contribution in [-0.2, 0) is 11.3 Å². The molecule has 0 aliphatic heterocycles. The number of hydrogen-bond acceptors (Lipinski definition) is 3. The van der Waals surface area contributed by atoms with Gasteiger partial charge in [0.15, 0.2) is 0 Å². The summed E-state index contributed by atoms with van der Waals surface area (Å²) in [6, 6.07) is 0.908. The molecule has 0 bridgehead atoms. The lowest BCUT2D eigenvalue weighted by atomic mass is 9.91. The van der Waals surface area contributed by atoms with Crippen LogP contribution in [-0.4, -0.2) is 27.8 Å². The highest BCUT2D eigenvalue weighted by Gasteiger charge is 2.36. The highest BCUT2D eigenvalue weighted by molar-refractivity contribution is 5.76. The molecule has 2 N–H and O–H groups in total. The van der Waals surface area contributed by atoms with Crippen molar-refractivity contribution in [2.45, 2.75) is 65.1 Å². The average Bonchev–Trinajstić information content (AvgIpc) is 2.99. The second kappa shape index (κ2) is 5.35. The van der Waals surface area contributed by atoms with E-state index in [1.165, 1.54) is 12.8 Å². The van der Waals surface area contributed by atoms with Gasteiger partial charge in [-0.25, -0.2) is 0 Å². The van der Waals surface area contributed by atoms with Crippen molar-refractivity contribution < 1.29 is 4.79 Å². The van der Waals surface area contributed by atoms with Crippen molar-refractivity contribution in [2.24, 2.45) is 11.3 Å². The largest absolute Gasteiger partial charge is 0.379 e. The van der Waals surface area contributed by atoms with Crippen LogP contribution in [0.1, 0.15) is 46.5 Å². The van der Waals surface area contributed by atoms with E-state index >= 15 is 0 Å². The summed E-state index contributed by atoms with van der Waals surface area (Å²) in [4.78, 5) is 11.8. The molecule has 0 spiro atoms. The molecule has 1 heterocycles. The number of nitrogens with zero attached hydrogens (tertiary/aromatic N) is 2. The molecule has 1 aromatic heterocycles. The topological polar surface area (TPSA) is 59.0 Å². The minimum atomic E-state index is 0.0579. The molecule has 116 valence electrons. The van der Waals surface area contributed by atoms with Crippen molar-refractivity contribution in [1.29, 1.82) is 0 Å². The van der Waals surface area contributed by atoms with Crippen LogP contribution in [0.4, 0.5) is 5.69 Å². The van der Waals surface area contributed by atoms with Gasteiger partial charge in [-0.15, -0.1) is 0 Å². The van der Waals surface area contributed by atoms with Crippen LogP contribution < -0.4 is 10.6 Å². The van der Waals surface area contributed by atoms with Crippen LogP contribution >= 0.6 is 0 Å². The van der Waals surface area contributed by atoms with Crippen molar-refractivity contribution in [2.75, 3.05) is 5.32 Å². The summed E-state index contributed by atoms with van der Waals surface area (Å²) in [6.07, 6.45) is 8.43. The molecule has 2 saturated carbocycles. The minimum Gasteiger partial charge on any atom is -0.379 e. The zero-order valence-corrected chi connectivity index (χ0v) is 13.2. The number of aromatic nitrogens is 2. The number of carbonyl (C=O) groups excluding carboxylic acids is 1. The summed E-state index contributed by atoms with van der Waals surface area (Å²) >= 11 is 0. The Morgan fingerprint density at radius 2 is 2.19 bits per heavy atom. The number of anilines is 1. The van der Waals surface area contributed by atoms with Gasteiger partial charge in [0.25, 0.3) is 0 Å². The van der Waals surface area contributed by atoms with E-state index in [1.54, 1.807) is 4.68 Å². The van der Waals surface area contributed by atoms with Crippen LogP contribution in [0.15, 0.2) is 12.4 Å². The van der Waals surface area contributed by atoms with Crippen LogP contribution in [0.5, 0.6) is 0 Å². The van der Waals surface area contributed by atoms with Crippen molar-refractivity contribution in [3.8, 4) is 0 Å². The Hall–Kier alpha value is -1.52. The Kier molecular flexibility index (Phi) is 3.68. The van der Waals surface area contributed by atoms with E-state index in [4.69, 9.17) is 0 Å². The van der Waals surface area contributed by atoms with Gasteiger partial charge in [0.1, 0.15) is 6.54 Å². The predicted octanol–water partition coefficient (Wildman–Crippen LogP) is 2.40. The van der Waals surface area contributed by atoms with Crippen LogP contribution in [0.3, 0.4) is 0 Å². The Morgan fingerprint density at radius 1 is 1.43 bits per heavy atom. The van der Waals surface area contributed by atoms with Gasteiger partial charge in [0, 0.05) is 18.3 Å². The first-order chi connectivity index (χ1) is 9.91. The smallest absolute Gasteiger partial charge is 0.241 e. The number of amides is 1. The zero-order valence-electron chi connectivity index (χ0n) is 13.2. The summed E-state index contributed by atoms with van der Waals surface area (Å²) in [7, 11) is 0. The minimum absolute atomic E-state index is 0.0579. The molecule has 0 radical (unpaired) electrons. The molecule has 2 fully saturated rings. The second-order valence-electron chi connectivity index (χ2n) is 7.57. The van der Waals surface area contributed by atoms with Crippen LogP contribution in [0.2, 0.25) is 0 Å².